The first-order valence-electron chi connectivity index (χ1n) is 13.2. The highest BCUT2D eigenvalue weighted by Gasteiger charge is 2.22. The molecule has 0 aliphatic heterocycles. The van der Waals surface area contributed by atoms with E-state index in [1.165, 1.54) is 43.1 Å². The van der Waals surface area contributed by atoms with Gasteiger partial charge in [-0.05, 0) is 57.3 Å². The summed E-state index contributed by atoms with van der Waals surface area (Å²) in [6.07, 6.45) is 0. The van der Waals surface area contributed by atoms with Crippen molar-refractivity contribution in [2.75, 3.05) is 0 Å². The summed E-state index contributed by atoms with van der Waals surface area (Å²) >= 11 is 0. The number of hydrogen-bond acceptors (Lipinski definition) is 3. The molecule has 9 rings (SSSR count). The maximum Gasteiger partial charge on any atom is 0.136 e. The number of rotatable bonds is 2. The molecule has 2 aromatic heterocycles. The summed E-state index contributed by atoms with van der Waals surface area (Å²) in [5.74, 6) is 0. The fourth-order valence-electron chi connectivity index (χ4n) is 6.29. The van der Waals surface area contributed by atoms with Gasteiger partial charge in [0.05, 0.1) is 22.4 Å². The molecule has 0 atom stereocenters. The van der Waals surface area contributed by atoms with Gasteiger partial charge in [0.15, 0.2) is 0 Å². The first kappa shape index (κ1) is 20.7. The Balaban J connectivity index is 1.46. The number of hydrogen-bond donors (Lipinski definition) is 0. The van der Waals surface area contributed by atoms with E-state index in [1.54, 1.807) is 0 Å². The van der Waals surface area contributed by atoms with Crippen molar-refractivity contribution in [3.63, 3.8) is 0 Å². The molecule has 0 aliphatic rings. The van der Waals surface area contributed by atoms with Gasteiger partial charge in [-0.1, -0.05) is 91.0 Å². The summed E-state index contributed by atoms with van der Waals surface area (Å²) < 4.78 is 6.64. The number of nitrogens with zero attached hydrogens (tertiary/aromatic N) is 2. The predicted molar refractivity (Wildman–Crippen MR) is 161 cm³/mol. The zero-order valence-corrected chi connectivity index (χ0v) is 20.8. The summed E-state index contributed by atoms with van der Waals surface area (Å²) in [6, 6.07) is 42.3. The smallest absolute Gasteiger partial charge is 0.136 e. The average Bonchev–Trinajstić information content (AvgIpc) is 3.37. The molecule has 0 unspecified atom stereocenters. The summed E-state index contributed by atoms with van der Waals surface area (Å²) in [6.45, 7) is 0. The molecule has 2 heterocycles. The lowest BCUT2D eigenvalue weighted by Crippen LogP contribution is -1.95. The average molecular weight is 497 g/mol. The van der Waals surface area contributed by atoms with Crippen LogP contribution in [0.3, 0.4) is 0 Å². The van der Waals surface area contributed by atoms with Crippen LogP contribution in [0.15, 0.2) is 126 Å². The lowest BCUT2D eigenvalue weighted by atomic mass is 9.90. The molecule has 0 amide bonds. The monoisotopic (exact) mass is 496 g/mol. The van der Waals surface area contributed by atoms with Gasteiger partial charge < -0.3 is 4.42 Å². The van der Waals surface area contributed by atoms with Gasteiger partial charge in [-0.25, -0.2) is 9.97 Å². The summed E-state index contributed by atoms with van der Waals surface area (Å²) in [4.78, 5) is 10.3. The van der Waals surface area contributed by atoms with Crippen LogP contribution in [0.1, 0.15) is 0 Å². The van der Waals surface area contributed by atoms with Crippen LogP contribution in [0, 0.1) is 0 Å². The number of para-hydroxylation sites is 2. The standard InChI is InChI=1S/C36H20N2O/c1-2-10-21(11-3-1)35-36(38-29-17-9-8-16-28(29)37-35)23-18-27-25-14-6-7-15-26(25)32-24-13-5-4-12-22(24)19-31-34(32)33(27)30(20-23)39-31/h1-20H. The Bertz CT molecular complexity index is 2390. The Kier molecular flexibility index (Phi) is 4.05. The molecule has 0 saturated carbocycles. The van der Waals surface area contributed by atoms with Crippen LogP contribution >= 0.6 is 0 Å². The van der Waals surface area contributed by atoms with E-state index in [2.05, 4.69) is 78.9 Å². The third-order valence-corrected chi connectivity index (χ3v) is 7.96. The van der Waals surface area contributed by atoms with Crippen molar-refractivity contribution in [2.24, 2.45) is 0 Å². The van der Waals surface area contributed by atoms with Crippen LogP contribution in [0.25, 0.3) is 87.8 Å². The molecular weight excluding hydrogens is 476 g/mol. The van der Waals surface area contributed by atoms with Crippen LogP contribution in [0.5, 0.6) is 0 Å². The second-order valence-electron chi connectivity index (χ2n) is 10.2. The Labute approximate surface area is 223 Å². The summed E-state index contributed by atoms with van der Waals surface area (Å²) in [5.41, 5.74) is 7.30. The van der Waals surface area contributed by atoms with E-state index in [-0.39, 0.29) is 0 Å². The van der Waals surface area contributed by atoms with Crippen molar-refractivity contribution in [3.05, 3.63) is 121 Å². The molecule has 0 saturated heterocycles. The predicted octanol–water partition coefficient (Wildman–Crippen LogP) is 9.76. The lowest BCUT2D eigenvalue weighted by molar-refractivity contribution is 0.670. The Morgan fingerprint density at radius 1 is 0.410 bits per heavy atom. The van der Waals surface area contributed by atoms with Crippen molar-refractivity contribution in [3.8, 4) is 22.5 Å². The third-order valence-electron chi connectivity index (χ3n) is 7.96. The quantitative estimate of drug-likeness (QED) is 0.224. The van der Waals surface area contributed by atoms with Crippen LogP contribution in [-0.2, 0) is 0 Å². The molecule has 3 heteroatoms. The second kappa shape index (κ2) is 7.62. The highest BCUT2D eigenvalue weighted by Crippen LogP contribution is 2.47. The maximum atomic E-state index is 6.64. The zero-order chi connectivity index (χ0) is 25.5. The van der Waals surface area contributed by atoms with Gasteiger partial charge in [0.2, 0.25) is 0 Å². The minimum Gasteiger partial charge on any atom is -0.456 e. The van der Waals surface area contributed by atoms with Gasteiger partial charge in [-0.2, -0.15) is 0 Å². The zero-order valence-electron chi connectivity index (χ0n) is 20.8. The van der Waals surface area contributed by atoms with E-state index in [0.717, 1.165) is 44.7 Å². The SMILES string of the molecule is c1ccc(-c2nc3ccccc3nc2-c2cc3oc4cc5ccccc5c5c6ccccc6c(c2)c3c45)cc1. The van der Waals surface area contributed by atoms with E-state index >= 15 is 0 Å². The summed E-state index contributed by atoms with van der Waals surface area (Å²) in [5, 5.41) is 9.68. The van der Waals surface area contributed by atoms with Gasteiger partial charge >= 0.3 is 0 Å². The van der Waals surface area contributed by atoms with E-state index in [1.807, 2.05) is 42.5 Å². The Hall–Kier alpha value is -5.28. The van der Waals surface area contributed by atoms with Gasteiger partial charge in [-0.3, -0.25) is 0 Å². The molecule has 0 N–H and O–H groups in total. The molecule has 7 aromatic carbocycles. The highest BCUT2D eigenvalue weighted by atomic mass is 16.3. The first-order chi connectivity index (χ1) is 19.3. The van der Waals surface area contributed by atoms with E-state index in [0.29, 0.717) is 0 Å². The minimum absolute atomic E-state index is 0.854. The van der Waals surface area contributed by atoms with Crippen LogP contribution < -0.4 is 0 Å². The normalized spacial score (nSPS) is 12.1. The fourth-order valence-corrected chi connectivity index (χ4v) is 6.29. The van der Waals surface area contributed by atoms with E-state index in [4.69, 9.17) is 14.4 Å². The van der Waals surface area contributed by atoms with Crippen molar-refractivity contribution in [2.45, 2.75) is 0 Å². The lowest BCUT2D eigenvalue weighted by Gasteiger charge is -2.13. The highest BCUT2D eigenvalue weighted by molar-refractivity contribution is 6.38. The Morgan fingerprint density at radius 2 is 1.03 bits per heavy atom. The molecule has 3 nitrogen and oxygen atoms in total. The second-order valence-corrected chi connectivity index (χ2v) is 10.2. The molecule has 0 bridgehead atoms. The number of benzene rings is 7. The fraction of sp³-hybridized carbons (Fsp3) is 0. The number of fused-ring (bicyclic) bond motifs is 6. The van der Waals surface area contributed by atoms with Crippen molar-refractivity contribution in [1.29, 1.82) is 0 Å². The van der Waals surface area contributed by atoms with Gasteiger partial charge in [-0.15, -0.1) is 0 Å². The Morgan fingerprint density at radius 3 is 1.82 bits per heavy atom. The largest absolute Gasteiger partial charge is 0.456 e. The number of furan rings is 1. The third kappa shape index (κ3) is 2.87. The van der Waals surface area contributed by atoms with Crippen molar-refractivity contribution >= 4 is 65.3 Å². The molecule has 0 aliphatic carbocycles. The van der Waals surface area contributed by atoms with Crippen molar-refractivity contribution < 1.29 is 4.42 Å². The molecule has 0 fully saturated rings. The molecule has 0 spiro atoms. The van der Waals surface area contributed by atoms with Crippen molar-refractivity contribution in [1.82, 2.24) is 9.97 Å². The molecule has 0 radical (unpaired) electrons. The van der Waals surface area contributed by atoms with Crippen LogP contribution in [0.4, 0.5) is 0 Å². The molecule has 180 valence electrons. The minimum atomic E-state index is 0.854. The van der Waals surface area contributed by atoms with Gasteiger partial charge in [0.25, 0.3) is 0 Å². The van der Waals surface area contributed by atoms with Crippen LogP contribution in [0.2, 0.25) is 0 Å². The van der Waals surface area contributed by atoms with Gasteiger partial charge in [0.1, 0.15) is 11.2 Å². The van der Waals surface area contributed by atoms with Crippen LogP contribution in [-0.4, -0.2) is 9.97 Å². The van der Waals surface area contributed by atoms with E-state index in [9.17, 15) is 0 Å². The molecular formula is C36H20N2O. The van der Waals surface area contributed by atoms with E-state index < -0.39 is 0 Å². The molecule has 39 heavy (non-hydrogen) atoms. The van der Waals surface area contributed by atoms with Gasteiger partial charge in [0, 0.05) is 27.3 Å². The molecule has 9 aromatic rings. The topological polar surface area (TPSA) is 38.9 Å². The maximum absolute atomic E-state index is 6.64. The first-order valence-corrected chi connectivity index (χ1v) is 13.2. The number of aromatic nitrogens is 2. The summed E-state index contributed by atoms with van der Waals surface area (Å²) in [7, 11) is 0.